The zero-order valence-corrected chi connectivity index (χ0v) is 13.5. The largest absolute Gasteiger partial charge is 0.491 e. The van der Waals surface area contributed by atoms with Crippen molar-refractivity contribution < 1.29 is 27.8 Å². The Morgan fingerprint density at radius 2 is 1.92 bits per heavy atom. The molecule has 4 nitrogen and oxygen atoms in total. The molecule has 134 valence electrons. The number of benzene rings is 1. The average molecular weight is 345 g/mol. The molecule has 0 spiro atoms. The van der Waals surface area contributed by atoms with E-state index in [9.17, 15) is 18.0 Å². The molecule has 0 heterocycles. The fourth-order valence-electron chi connectivity index (χ4n) is 3.00. The maximum absolute atomic E-state index is 12.9. The Morgan fingerprint density at radius 3 is 2.50 bits per heavy atom. The molecule has 1 fully saturated rings. The van der Waals surface area contributed by atoms with Crippen molar-refractivity contribution in [2.24, 2.45) is 5.92 Å². The van der Waals surface area contributed by atoms with Crippen molar-refractivity contribution in [3.05, 3.63) is 29.8 Å². The molecule has 0 saturated heterocycles. The summed E-state index contributed by atoms with van der Waals surface area (Å²) in [4.78, 5) is 10.9. The minimum absolute atomic E-state index is 0.117. The molecule has 0 bridgehead atoms. The molecule has 1 saturated carbocycles. The van der Waals surface area contributed by atoms with Gasteiger partial charge in [-0.05, 0) is 44.7 Å². The fraction of sp³-hybridized carbons (Fsp3) is 0.588. The second-order valence-electron chi connectivity index (χ2n) is 6.26. The Hall–Kier alpha value is -1.76. The lowest BCUT2D eigenvalue weighted by atomic mass is 9.86. The van der Waals surface area contributed by atoms with Gasteiger partial charge in [0.05, 0.1) is 11.5 Å². The van der Waals surface area contributed by atoms with Crippen LogP contribution in [0.1, 0.15) is 38.2 Å². The first kappa shape index (κ1) is 18.6. The summed E-state index contributed by atoms with van der Waals surface area (Å²) in [6, 6.07) is 5.21. The Balaban J connectivity index is 1.82. The molecule has 2 rings (SSSR count). The van der Waals surface area contributed by atoms with Crippen molar-refractivity contribution in [3.63, 3.8) is 0 Å². The van der Waals surface area contributed by atoms with Crippen molar-refractivity contribution >= 4 is 5.97 Å². The number of hydrogen-bond donors (Lipinski definition) is 2. The van der Waals surface area contributed by atoms with Gasteiger partial charge in [-0.25, -0.2) is 0 Å². The molecular formula is C17H22F3NO3. The third-order valence-electron chi connectivity index (χ3n) is 4.28. The number of hydrogen-bond acceptors (Lipinski definition) is 3. The monoisotopic (exact) mass is 345 g/mol. The summed E-state index contributed by atoms with van der Waals surface area (Å²) in [5, 5.41) is 12.3. The average Bonchev–Trinajstić information content (AvgIpc) is 2.53. The van der Waals surface area contributed by atoms with Gasteiger partial charge in [-0.15, -0.1) is 0 Å². The van der Waals surface area contributed by atoms with E-state index in [4.69, 9.17) is 9.84 Å². The fourth-order valence-corrected chi connectivity index (χ4v) is 3.00. The highest BCUT2D eigenvalue weighted by Gasteiger charge is 2.34. The quantitative estimate of drug-likeness (QED) is 0.825. The predicted molar refractivity (Wildman–Crippen MR) is 82.9 cm³/mol. The van der Waals surface area contributed by atoms with Crippen LogP contribution in [-0.4, -0.2) is 29.8 Å². The second kappa shape index (κ2) is 7.88. The van der Waals surface area contributed by atoms with Crippen LogP contribution in [0.5, 0.6) is 5.75 Å². The Labute approximate surface area is 139 Å². The number of halogens is 3. The first-order valence-corrected chi connectivity index (χ1v) is 8.05. The van der Waals surface area contributed by atoms with E-state index in [2.05, 4.69) is 5.32 Å². The van der Waals surface area contributed by atoms with Crippen molar-refractivity contribution in [1.82, 2.24) is 5.32 Å². The molecule has 24 heavy (non-hydrogen) atoms. The van der Waals surface area contributed by atoms with Crippen LogP contribution in [0.25, 0.3) is 0 Å². The van der Waals surface area contributed by atoms with E-state index in [0.29, 0.717) is 12.8 Å². The second-order valence-corrected chi connectivity index (χ2v) is 6.26. The van der Waals surface area contributed by atoms with Crippen LogP contribution in [0, 0.1) is 5.92 Å². The third-order valence-corrected chi connectivity index (χ3v) is 4.28. The van der Waals surface area contributed by atoms with Crippen LogP contribution in [-0.2, 0) is 11.0 Å². The molecule has 7 heteroatoms. The van der Waals surface area contributed by atoms with Crippen LogP contribution < -0.4 is 10.1 Å². The minimum atomic E-state index is -4.44. The van der Waals surface area contributed by atoms with Crippen LogP contribution in [0.15, 0.2) is 24.3 Å². The molecule has 0 amide bonds. The van der Waals surface area contributed by atoms with Gasteiger partial charge in [-0.1, -0.05) is 12.1 Å². The highest BCUT2D eigenvalue weighted by atomic mass is 19.4. The lowest BCUT2D eigenvalue weighted by Gasteiger charge is -2.29. The van der Waals surface area contributed by atoms with Gasteiger partial charge in [0, 0.05) is 12.1 Å². The van der Waals surface area contributed by atoms with E-state index >= 15 is 0 Å². The molecular weight excluding hydrogens is 323 g/mol. The van der Waals surface area contributed by atoms with E-state index in [1.54, 1.807) is 0 Å². The van der Waals surface area contributed by atoms with Gasteiger partial charge < -0.3 is 15.2 Å². The summed E-state index contributed by atoms with van der Waals surface area (Å²) in [6.07, 6.45) is -1.70. The van der Waals surface area contributed by atoms with Crippen LogP contribution in [0.4, 0.5) is 13.2 Å². The maximum atomic E-state index is 12.9. The Bertz CT molecular complexity index is 554. The number of carbonyl (C=O) groups is 1. The van der Waals surface area contributed by atoms with Gasteiger partial charge in [0.1, 0.15) is 12.4 Å². The van der Waals surface area contributed by atoms with Gasteiger partial charge in [-0.2, -0.15) is 13.2 Å². The maximum Gasteiger partial charge on any atom is 0.419 e. The predicted octanol–water partition coefficient (Wildman–Crippen LogP) is 3.71. The Kier molecular flexibility index (Phi) is 6.10. The zero-order chi connectivity index (χ0) is 17.7. The number of ether oxygens (including phenoxy) is 1. The molecule has 1 aromatic rings. The lowest BCUT2D eigenvalue weighted by Crippen LogP contribution is -2.42. The highest BCUT2D eigenvalue weighted by Crippen LogP contribution is 2.35. The Morgan fingerprint density at radius 1 is 1.29 bits per heavy atom. The molecule has 1 aliphatic rings. The lowest BCUT2D eigenvalue weighted by molar-refractivity contribution is -0.143. The number of carboxylic acid groups (broad SMARTS) is 1. The molecule has 0 aromatic heterocycles. The van der Waals surface area contributed by atoms with E-state index in [1.165, 1.54) is 18.2 Å². The van der Waals surface area contributed by atoms with E-state index in [0.717, 1.165) is 18.9 Å². The number of aliphatic carboxylic acids is 1. The summed E-state index contributed by atoms with van der Waals surface area (Å²) >= 11 is 0. The molecule has 1 aliphatic carbocycles. The number of alkyl halides is 3. The molecule has 1 aromatic carbocycles. The summed E-state index contributed by atoms with van der Waals surface area (Å²) in [5.74, 6) is -1.21. The zero-order valence-electron chi connectivity index (χ0n) is 13.5. The SMILES string of the molecule is CC(COc1ccccc1C(F)(F)F)NC1CCC(C(=O)O)CC1. The number of rotatable bonds is 6. The van der Waals surface area contributed by atoms with Crippen LogP contribution >= 0.6 is 0 Å². The summed E-state index contributed by atoms with van der Waals surface area (Å²) < 4.78 is 44.1. The first-order chi connectivity index (χ1) is 11.3. The van der Waals surface area contributed by atoms with Gasteiger partial charge in [0.25, 0.3) is 0 Å². The van der Waals surface area contributed by atoms with E-state index in [1.807, 2.05) is 6.92 Å². The smallest absolute Gasteiger partial charge is 0.419 e. The third kappa shape index (κ3) is 5.12. The minimum Gasteiger partial charge on any atom is -0.491 e. The van der Waals surface area contributed by atoms with E-state index in [-0.39, 0.29) is 30.4 Å². The van der Waals surface area contributed by atoms with Crippen LogP contribution in [0.2, 0.25) is 0 Å². The van der Waals surface area contributed by atoms with Gasteiger partial charge in [0.15, 0.2) is 0 Å². The standard InChI is InChI=1S/C17H22F3NO3/c1-11(21-13-8-6-12(7-9-13)16(22)23)10-24-15-5-3-2-4-14(15)17(18,19)20/h2-5,11-13,21H,6-10H2,1H3,(H,22,23). The summed E-state index contributed by atoms with van der Waals surface area (Å²) in [6.45, 7) is 1.96. The van der Waals surface area contributed by atoms with Gasteiger partial charge in [0.2, 0.25) is 0 Å². The first-order valence-electron chi connectivity index (χ1n) is 8.05. The summed E-state index contributed by atoms with van der Waals surface area (Å²) in [7, 11) is 0. The molecule has 0 radical (unpaired) electrons. The molecule has 1 unspecified atom stereocenters. The number of carboxylic acids is 1. The summed E-state index contributed by atoms with van der Waals surface area (Å²) in [5.41, 5.74) is -0.779. The number of nitrogens with one attached hydrogen (secondary N) is 1. The van der Waals surface area contributed by atoms with Crippen molar-refractivity contribution in [2.45, 2.75) is 50.9 Å². The molecule has 2 N–H and O–H groups in total. The van der Waals surface area contributed by atoms with Crippen molar-refractivity contribution in [2.75, 3.05) is 6.61 Å². The normalized spacial score (nSPS) is 22.8. The van der Waals surface area contributed by atoms with E-state index < -0.39 is 17.7 Å². The van der Waals surface area contributed by atoms with Gasteiger partial charge in [-0.3, -0.25) is 4.79 Å². The van der Waals surface area contributed by atoms with Crippen molar-refractivity contribution in [3.8, 4) is 5.75 Å². The van der Waals surface area contributed by atoms with Gasteiger partial charge >= 0.3 is 12.1 Å². The highest BCUT2D eigenvalue weighted by molar-refractivity contribution is 5.70. The van der Waals surface area contributed by atoms with Crippen LogP contribution in [0.3, 0.4) is 0 Å². The topological polar surface area (TPSA) is 58.6 Å². The van der Waals surface area contributed by atoms with Crippen molar-refractivity contribution in [1.29, 1.82) is 0 Å². The molecule has 0 aliphatic heterocycles. The number of para-hydroxylation sites is 1. The molecule has 1 atom stereocenters.